The molecule has 2 N–H and O–H groups in total. The Kier molecular flexibility index (Phi) is 7.61. The molecular weight excluding hydrogens is 568 g/mol. The topological polar surface area (TPSA) is 122 Å². The van der Waals surface area contributed by atoms with Gasteiger partial charge in [0.05, 0.1) is 43.3 Å². The Morgan fingerprint density at radius 1 is 0.867 bits per heavy atom. The number of H-pyrrole nitrogens is 1. The number of nitrogens with zero attached hydrogens (tertiary/aromatic N) is 8. The van der Waals surface area contributed by atoms with E-state index in [1.165, 1.54) is 18.2 Å². The van der Waals surface area contributed by atoms with Crippen molar-refractivity contribution in [3.05, 3.63) is 60.0 Å². The minimum absolute atomic E-state index is 0.542. The van der Waals surface area contributed by atoms with Crippen LogP contribution in [0, 0.1) is 0 Å². The van der Waals surface area contributed by atoms with E-state index in [4.69, 9.17) is 24.5 Å². The van der Waals surface area contributed by atoms with Crippen LogP contribution in [0.2, 0.25) is 0 Å². The Hall–Kier alpha value is -4.39. The molecule has 2 aromatic carbocycles. The van der Waals surface area contributed by atoms with Gasteiger partial charge in [-0.15, -0.1) is 0 Å². The number of ether oxygens (including phenoxy) is 2. The fraction of sp³-hybridized carbons (Fsp3) is 0.424. The lowest BCUT2D eigenvalue weighted by atomic mass is 10.1. The molecule has 3 aromatic heterocycles. The van der Waals surface area contributed by atoms with Crippen LogP contribution < -0.4 is 10.2 Å². The number of morpholine rings is 2. The van der Waals surface area contributed by atoms with Crippen LogP contribution >= 0.6 is 0 Å². The summed E-state index contributed by atoms with van der Waals surface area (Å²) in [4.78, 5) is 19.3. The first-order valence-corrected chi connectivity index (χ1v) is 15.9. The summed E-state index contributed by atoms with van der Waals surface area (Å²) in [6.07, 6.45) is 3.30. The van der Waals surface area contributed by atoms with Gasteiger partial charge in [0.25, 0.3) is 0 Å². The van der Waals surface area contributed by atoms with Crippen molar-refractivity contribution < 1.29 is 9.47 Å². The lowest BCUT2D eigenvalue weighted by Crippen LogP contribution is -2.37. The summed E-state index contributed by atoms with van der Waals surface area (Å²) in [6.45, 7) is 7.41. The van der Waals surface area contributed by atoms with Crippen molar-refractivity contribution >= 4 is 28.4 Å². The summed E-state index contributed by atoms with van der Waals surface area (Å²) in [5.74, 6) is 3.70. The quantitative estimate of drug-likeness (QED) is 0.253. The second-order valence-electron chi connectivity index (χ2n) is 12.1. The Labute approximate surface area is 261 Å². The molecule has 2 saturated heterocycles. The van der Waals surface area contributed by atoms with Crippen molar-refractivity contribution in [2.75, 3.05) is 69.4 Å². The van der Waals surface area contributed by atoms with Gasteiger partial charge in [0.1, 0.15) is 11.6 Å². The number of hydrogen-bond acceptors (Lipinski definition) is 10. The third kappa shape index (κ3) is 6.13. The van der Waals surface area contributed by atoms with E-state index in [0.717, 1.165) is 104 Å². The summed E-state index contributed by atoms with van der Waals surface area (Å²) in [5, 5.41) is 17.1. The molecule has 8 rings (SSSR count). The fourth-order valence-electron chi connectivity index (χ4n) is 6.11. The maximum absolute atomic E-state index is 5.61. The second-order valence-corrected chi connectivity index (χ2v) is 12.1. The van der Waals surface area contributed by atoms with E-state index in [1.54, 1.807) is 0 Å². The van der Waals surface area contributed by atoms with Crippen LogP contribution in [-0.2, 0) is 22.9 Å². The molecule has 2 aliphatic heterocycles. The predicted molar refractivity (Wildman–Crippen MR) is 173 cm³/mol. The fourth-order valence-corrected chi connectivity index (χ4v) is 6.11. The van der Waals surface area contributed by atoms with E-state index in [0.29, 0.717) is 25.1 Å². The number of fused-ring (bicyclic) bond motifs is 1. The summed E-state index contributed by atoms with van der Waals surface area (Å²) in [7, 11) is 2.02. The second kappa shape index (κ2) is 12.2. The minimum Gasteiger partial charge on any atom is -0.379 e. The van der Waals surface area contributed by atoms with E-state index in [9.17, 15) is 0 Å². The van der Waals surface area contributed by atoms with Gasteiger partial charge in [0.2, 0.25) is 5.95 Å². The molecule has 12 heteroatoms. The number of hydrogen-bond donors (Lipinski definition) is 2. The van der Waals surface area contributed by atoms with Crippen LogP contribution in [-0.4, -0.2) is 99.0 Å². The Balaban J connectivity index is 1.06. The lowest BCUT2D eigenvalue weighted by Gasteiger charge is -2.27. The van der Waals surface area contributed by atoms with E-state index in [-0.39, 0.29) is 0 Å². The molecule has 5 aromatic rings. The molecule has 0 amide bonds. The van der Waals surface area contributed by atoms with Crippen LogP contribution in [0.1, 0.15) is 30.3 Å². The molecule has 0 radical (unpaired) electrons. The molecule has 12 nitrogen and oxygen atoms in total. The zero-order chi connectivity index (χ0) is 30.2. The smallest absolute Gasteiger partial charge is 0.228 e. The van der Waals surface area contributed by atoms with Crippen molar-refractivity contribution in [2.45, 2.75) is 25.2 Å². The molecule has 0 spiro atoms. The molecule has 0 atom stereocenters. The van der Waals surface area contributed by atoms with Crippen LogP contribution in [0.5, 0.6) is 0 Å². The maximum atomic E-state index is 5.61. The molecule has 45 heavy (non-hydrogen) atoms. The number of aromatic amines is 1. The Bertz CT molecular complexity index is 1780. The number of rotatable bonds is 9. The summed E-state index contributed by atoms with van der Waals surface area (Å²) < 4.78 is 13.1. The molecule has 3 fully saturated rings. The van der Waals surface area contributed by atoms with E-state index in [2.05, 4.69) is 48.5 Å². The molecule has 3 aliphatic rings. The number of nitrogens with one attached hydrogen (secondary N) is 2. The molecule has 1 saturated carbocycles. The number of benzene rings is 2. The minimum atomic E-state index is 0.542. The van der Waals surface area contributed by atoms with Crippen molar-refractivity contribution in [3.8, 4) is 22.6 Å². The lowest BCUT2D eigenvalue weighted by molar-refractivity contribution is 0.0383. The Morgan fingerprint density at radius 2 is 1.62 bits per heavy atom. The highest BCUT2D eigenvalue weighted by molar-refractivity contribution is 5.87. The normalized spacial score (nSPS) is 17.7. The van der Waals surface area contributed by atoms with Gasteiger partial charge in [-0.05, 0) is 43.2 Å². The van der Waals surface area contributed by atoms with Crippen molar-refractivity contribution in [1.82, 2.24) is 39.8 Å². The molecular formula is C33H38N10O2. The molecule has 0 bridgehead atoms. The highest BCUT2D eigenvalue weighted by atomic mass is 16.5. The number of aryl methyl sites for hydroxylation is 1. The SMILES string of the molecule is Cn1nc(CCN2CCOCC2)c2ccc(-c3cc(Nc4ccc(-c5n[nH]c(C6CC6)n5)cc4)nc(N4CCOCC4)n3)cc21. The summed E-state index contributed by atoms with van der Waals surface area (Å²) >= 11 is 0. The highest BCUT2D eigenvalue weighted by Crippen LogP contribution is 2.38. The van der Waals surface area contributed by atoms with E-state index in [1.807, 2.05) is 42.1 Å². The van der Waals surface area contributed by atoms with E-state index < -0.39 is 0 Å². The van der Waals surface area contributed by atoms with Gasteiger partial charge in [-0.25, -0.2) is 9.97 Å². The largest absolute Gasteiger partial charge is 0.379 e. The third-order valence-corrected chi connectivity index (χ3v) is 8.88. The van der Waals surface area contributed by atoms with Crippen LogP contribution in [0.3, 0.4) is 0 Å². The summed E-state index contributed by atoms with van der Waals surface area (Å²) in [6, 6.07) is 16.7. The number of anilines is 3. The zero-order valence-corrected chi connectivity index (χ0v) is 25.6. The van der Waals surface area contributed by atoms with Crippen molar-refractivity contribution in [2.24, 2.45) is 7.05 Å². The van der Waals surface area contributed by atoms with Gasteiger partial charge in [0, 0.05) is 80.4 Å². The molecule has 5 heterocycles. The average Bonchev–Trinajstić information content (AvgIpc) is 3.74. The van der Waals surface area contributed by atoms with Gasteiger partial charge in [-0.1, -0.05) is 12.1 Å². The van der Waals surface area contributed by atoms with Crippen LogP contribution in [0.4, 0.5) is 17.5 Å². The van der Waals surface area contributed by atoms with Crippen LogP contribution in [0.25, 0.3) is 33.5 Å². The Morgan fingerprint density at radius 3 is 2.40 bits per heavy atom. The van der Waals surface area contributed by atoms with Crippen molar-refractivity contribution in [1.29, 1.82) is 0 Å². The molecule has 232 valence electrons. The predicted octanol–water partition coefficient (Wildman–Crippen LogP) is 4.15. The zero-order valence-electron chi connectivity index (χ0n) is 25.6. The third-order valence-electron chi connectivity index (χ3n) is 8.88. The maximum Gasteiger partial charge on any atom is 0.228 e. The first-order valence-electron chi connectivity index (χ1n) is 15.9. The summed E-state index contributed by atoms with van der Waals surface area (Å²) in [5.41, 5.74) is 6.02. The standard InChI is InChI=1S/C33H38N10O2/c1-41-29-20-24(6-9-26(29)27(40-41)10-11-42-12-16-44-17-13-42)28-21-30(36-33(35-28)43-14-18-45-19-15-43)34-25-7-4-23(5-8-25)32-37-31(38-39-32)22-2-3-22/h4-9,20-22H,2-3,10-19H2,1H3,(H,34,35,36)(H,37,38,39). The first-order chi connectivity index (χ1) is 22.2. The van der Waals surface area contributed by atoms with Gasteiger partial charge < -0.3 is 19.7 Å². The highest BCUT2D eigenvalue weighted by Gasteiger charge is 2.27. The van der Waals surface area contributed by atoms with Crippen LogP contribution in [0.15, 0.2) is 48.5 Å². The van der Waals surface area contributed by atoms with Gasteiger partial charge >= 0.3 is 0 Å². The monoisotopic (exact) mass is 606 g/mol. The average molecular weight is 607 g/mol. The van der Waals surface area contributed by atoms with E-state index >= 15 is 0 Å². The molecule has 1 aliphatic carbocycles. The van der Waals surface area contributed by atoms with Gasteiger partial charge in [0.15, 0.2) is 5.82 Å². The number of aromatic nitrogens is 7. The molecule has 0 unspecified atom stereocenters. The van der Waals surface area contributed by atoms with Crippen molar-refractivity contribution in [3.63, 3.8) is 0 Å². The van der Waals surface area contributed by atoms with Gasteiger partial charge in [-0.3, -0.25) is 14.7 Å². The van der Waals surface area contributed by atoms with Gasteiger partial charge in [-0.2, -0.15) is 15.2 Å². The first kappa shape index (κ1) is 28.1.